The fourth-order valence-electron chi connectivity index (χ4n) is 2.99. The summed E-state index contributed by atoms with van der Waals surface area (Å²) in [6.45, 7) is 0. The molecule has 0 aromatic heterocycles. The number of hydrogen-bond acceptors (Lipinski definition) is 3. The van der Waals surface area contributed by atoms with E-state index in [1.165, 1.54) is 0 Å². The maximum atomic E-state index is 12.5. The molecule has 0 spiro atoms. The fraction of sp³-hybridized carbons (Fsp3) is 0. The van der Waals surface area contributed by atoms with Crippen molar-refractivity contribution >= 4 is 42.6 Å². The molecular formula is C17H9NO2S. The Kier molecular flexibility index (Phi) is 1.98. The molecule has 0 saturated carbocycles. The fourth-order valence-corrected chi connectivity index (χ4v) is 4.07. The summed E-state index contributed by atoms with van der Waals surface area (Å²) < 4.78 is 9.38. The average Bonchev–Trinajstić information content (AvgIpc) is 2.52. The number of aromatic nitrogens is 1. The van der Waals surface area contributed by atoms with Gasteiger partial charge in [0, 0.05) is 0 Å². The number of rotatable bonds is 0. The largest absolute Gasteiger partial charge is 0.424 e. The van der Waals surface area contributed by atoms with Crippen LogP contribution in [0.1, 0.15) is 0 Å². The molecule has 21 heavy (non-hydrogen) atoms. The minimum absolute atomic E-state index is 0.338. The average molecular weight is 291 g/mol. The Balaban J connectivity index is 2.24. The first-order valence-electron chi connectivity index (χ1n) is 6.67. The lowest BCUT2D eigenvalue weighted by Crippen LogP contribution is -2.19. The summed E-state index contributed by atoms with van der Waals surface area (Å²) in [4.78, 5) is 12.5. The second-order valence-electron chi connectivity index (χ2n) is 5.04. The summed E-state index contributed by atoms with van der Waals surface area (Å²) in [6, 6.07) is 17.9. The molecule has 3 aromatic carbocycles. The molecule has 0 atom stereocenters. The third-order valence-electron chi connectivity index (χ3n) is 3.87. The molecular weight excluding hydrogens is 282 g/mol. The van der Waals surface area contributed by atoms with Crippen molar-refractivity contribution in [2.75, 3.05) is 0 Å². The summed E-state index contributed by atoms with van der Waals surface area (Å²) in [6.07, 6.45) is 0. The Bertz CT molecular complexity index is 1160. The van der Waals surface area contributed by atoms with Crippen LogP contribution in [-0.2, 0) is 0 Å². The van der Waals surface area contributed by atoms with Gasteiger partial charge >= 0.3 is 5.76 Å². The summed E-state index contributed by atoms with van der Waals surface area (Å²) in [5, 5.41) is 2.10. The maximum Gasteiger partial charge on any atom is 0.424 e. The van der Waals surface area contributed by atoms with Crippen molar-refractivity contribution in [3.05, 3.63) is 65.1 Å². The molecule has 3 nitrogen and oxygen atoms in total. The van der Waals surface area contributed by atoms with Gasteiger partial charge in [-0.05, 0) is 29.7 Å². The molecule has 0 radical (unpaired) electrons. The summed E-state index contributed by atoms with van der Waals surface area (Å²) in [5.41, 5.74) is 2.48. The van der Waals surface area contributed by atoms with Crippen LogP contribution in [0.4, 0.5) is 0 Å². The third-order valence-corrected chi connectivity index (χ3v) is 4.99. The lowest BCUT2D eigenvalue weighted by molar-refractivity contribution is 0.514. The molecule has 2 heterocycles. The summed E-state index contributed by atoms with van der Waals surface area (Å²) in [7, 11) is 0. The van der Waals surface area contributed by atoms with Gasteiger partial charge < -0.3 is 4.42 Å². The van der Waals surface area contributed by atoms with Crippen LogP contribution in [0.25, 0.3) is 37.0 Å². The predicted molar refractivity (Wildman–Crippen MR) is 85.9 cm³/mol. The SMILES string of the molecule is O=c1oc2cccc3ccc4sc5ccccc5n1-c4c32. The Morgan fingerprint density at radius 3 is 2.76 bits per heavy atom. The quantitative estimate of drug-likeness (QED) is 0.313. The predicted octanol–water partition coefficient (Wildman–Crippen LogP) is 4.39. The first-order valence-corrected chi connectivity index (χ1v) is 7.49. The smallest absolute Gasteiger partial charge is 0.409 e. The highest BCUT2D eigenvalue weighted by atomic mass is 32.1. The van der Waals surface area contributed by atoms with Crippen LogP contribution < -0.4 is 5.76 Å². The van der Waals surface area contributed by atoms with E-state index in [1.54, 1.807) is 15.9 Å². The monoisotopic (exact) mass is 291 g/mol. The van der Waals surface area contributed by atoms with Crippen molar-refractivity contribution < 1.29 is 4.42 Å². The highest BCUT2D eigenvalue weighted by Gasteiger charge is 2.19. The zero-order chi connectivity index (χ0) is 14.0. The van der Waals surface area contributed by atoms with Crippen LogP contribution in [-0.4, -0.2) is 4.57 Å². The standard InChI is InChI=1S/C17H9NO2S/c19-17-18-11-5-1-2-7-13(11)21-14-9-8-10-4-3-6-12(20-17)15(10)16(14)18/h1-9H. The molecule has 2 aliphatic heterocycles. The van der Waals surface area contributed by atoms with Crippen LogP contribution >= 0.6 is 11.3 Å². The van der Waals surface area contributed by atoms with E-state index in [1.807, 2.05) is 42.5 Å². The lowest BCUT2D eigenvalue weighted by Gasteiger charge is -2.17. The molecule has 0 N–H and O–H groups in total. The van der Waals surface area contributed by atoms with Gasteiger partial charge in [0.1, 0.15) is 5.58 Å². The second kappa shape index (κ2) is 3.74. The topological polar surface area (TPSA) is 35.1 Å². The van der Waals surface area contributed by atoms with Gasteiger partial charge in [0.05, 0.1) is 26.0 Å². The molecule has 5 rings (SSSR count). The number of hydrogen-bond donors (Lipinski definition) is 0. The molecule has 0 fully saturated rings. The molecule has 0 bridgehead atoms. The number of nitrogens with zero attached hydrogens (tertiary/aromatic N) is 1. The second-order valence-corrected chi connectivity index (χ2v) is 6.12. The molecule has 2 aliphatic rings. The highest BCUT2D eigenvalue weighted by Crippen LogP contribution is 2.37. The zero-order valence-electron chi connectivity index (χ0n) is 10.9. The van der Waals surface area contributed by atoms with Crippen molar-refractivity contribution in [2.24, 2.45) is 0 Å². The van der Waals surface area contributed by atoms with E-state index in [9.17, 15) is 4.79 Å². The van der Waals surface area contributed by atoms with E-state index in [0.29, 0.717) is 5.58 Å². The van der Waals surface area contributed by atoms with Crippen LogP contribution in [0, 0.1) is 0 Å². The van der Waals surface area contributed by atoms with Crippen molar-refractivity contribution in [2.45, 2.75) is 0 Å². The first kappa shape index (κ1) is 11.1. The van der Waals surface area contributed by atoms with E-state index in [4.69, 9.17) is 4.42 Å². The maximum absolute atomic E-state index is 12.5. The van der Waals surface area contributed by atoms with Gasteiger partial charge in [-0.15, -0.1) is 11.3 Å². The summed E-state index contributed by atoms with van der Waals surface area (Å²) >= 11 is 1.70. The van der Waals surface area contributed by atoms with E-state index < -0.39 is 0 Å². The molecule has 0 unspecified atom stereocenters. The normalized spacial score (nSPS) is 12.0. The van der Waals surface area contributed by atoms with E-state index in [2.05, 4.69) is 12.1 Å². The van der Waals surface area contributed by atoms with Gasteiger partial charge in [-0.2, -0.15) is 0 Å². The third kappa shape index (κ3) is 1.35. The van der Waals surface area contributed by atoms with Gasteiger partial charge in [0.25, 0.3) is 0 Å². The van der Waals surface area contributed by atoms with E-state index in [-0.39, 0.29) is 5.76 Å². The van der Waals surface area contributed by atoms with Gasteiger partial charge in [0.2, 0.25) is 0 Å². The molecule has 3 aromatic rings. The van der Waals surface area contributed by atoms with Gasteiger partial charge in [0.15, 0.2) is 0 Å². The van der Waals surface area contributed by atoms with Crippen molar-refractivity contribution in [1.29, 1.82) is 0 Å². The number of benzene rings is 3. The van der Waals surface area contributed by atoms with E-state index >= 15 is 0 Å². The zero-order valence-corrected chi connectivity index (χ0v) is 11.7. The van der Waals surface area contributed by atoms with Gasteiger partial charge in [-0.1, -0.05) is 30.3 Å². The molecule has 100 valence electrons. The van der Waals surface area contributed by atoms with Crippen molar-refractivity contribution in [3.63, 3.8) is 0 Å². The lowest BCUT2D eigenvalue weighted by atomic mass is 10.1. The molecule has 0 aliphatic carbocycles. The van der Waals surface area contributed by atoms with Crippen LogP contribution in [0.15, 0.2) is 63.8 Å². The van der Waals surface area contributed by atoms with E-state index in [0.717, 1.165) is 31.4 Å². The Morgan fingerprint density at radius 2 is 1.81 bits per heavy atom. The Labute approximate surface area is 123 Å². The number of fused-ring (bicyclic) bond motifs is 2. The van der Waals surface area contributed by atoms with Gasteiger partial charge in [-0.3, -0.25) is 0 Å². The van der Waals surface area contributed by atoms with Crippen molar-refractivity contribution in [3.8, 4) is 5.69 Å². The summed E-state index contributed by atoms with van der Waals surface area (Å²) in [5.74, 6) is -0.338. The molecule has 0 amide bonds. The number of para-hydroxylation sites is 1. The minimum atomic E-state index is -0.338. The van der Waals surface area contributed by atoms with Crippen LogP contribution in [0.3, 0.4) is 0 Å². The highest BCUT2D eigenvalue weighted by molar-refractivity contribution is 7.24. The van der Waals surface area contributed by atoms with Crippen molar-refractivity contribution in [1.82, 2.24) is 4.57 Å². The minimum Gasteiger partial charge on any atom is -0.409 e. The molecule has 0 saturated heterocycles. The molecule has 4 heteroatoms. The van der Waals surface area contributed by atoms with Gasteiger partial charge in [-0.25, -0.2) is 9.36 Å². The van der Waals surface area contributed by atoms with Crippen LogP contribution in [0.2, 0.25) is 0 Å². The Hall–Kier alpha value is -2.59. The van der Waals surface area contributed by atoms with Crippen LogP contribution in [0.5, 0.6) is 0 Å². The Morgan fingerprint density at radius 1 is 0.905 bits per heavy atom. The first-order chi connectivity index (χ1) is 10.3.